The first-order valence-corrected chi connectivity index (χ1v) is 9.43. The van der Waals surface area contributed by atoms with Gasteiger partial charge in [-0.1, -0.05) is 0 Å². The van der Waals surface area contributed by atoms with Crippen LogP contribution in [0.1, 0.15) is 12.8 Å². The molecule has 5 rings (SSSR count). The van der Waals surface area contributed by atoms with Gasteiger partial charge < -0.3 is 36.1 Å². The number of aryl methyl sites for hydroxylation is 1. The minimum atomic E-state index is 0. The van der Waals surface area contributed by atoms with E-state index in [1.807, 2.05) is 24.3 Å². The smallest absolute Gasteiger partial charge is 0.231 e. The molecule has 0 fully saturated rings. The maximum Gasteiger partial charge on any atom is 0.231 e. The van der Waals surface area contributed by atoms with Crippen molar-refractivity contribution in [2.24, 2.45) is 0 Å². The monoisotopic (exact) mass is 415 g/mol. The van der Waals surface area contributed by atoms with Gasteiger partial charge in [-0.25, -0.2) is 0 Å². The lowest BCUT2D eigenvalue weighted by atomic mass is 10.0. The van der Waals surface area contributed by atoms with Gasteiger partial charge in [0.25, 0.3) is 0 Å². The van der Waals surface area contributed by atoms with Crippen LogP contribution in [0.15, 0.2) is 36.5 Å². The first-order chi connectivity index (χ1) is 13.8. The molecule has 0 N–H and O–H groups in total. The lowest BCUT2D eigenvalue weighted by molar-refractivity contribution is -0.685. The van der Waals surface area contributed by atoms with Crippen LogP contribution in [0.2, 0.25) is 0 Å². The average Bonchev–Trinajstić information content (AvgIpc) is 3.20. The highest BCUT2D eigenvalue weighted by Crippen LogP contribution is 2.43. The van der Waals surface area contributed by atoms with E-state index in [1.54, 1.807) is 14.2 Å². The zero-order valence-corrected chi connectivity index (χ0v) is 17.1. The van der Waals surface area contributed by atoms with E-state index in [1.165, 1.54) is 0 Å². The van der Waals surface area contributed by atoms with Gasteiger partial charge in [0.15, 0.2) is 29.2 Å². The van der Waals surface area contributed by atoms with E-state index in [0.717, 1.165) is 64.4 Å². The molecule has 2 aromatic carbocycles. The van der Waals surface area contributed by atoms with Crippen molar-refractivity contribution >= 4 is 10.8 Å². The third kappa shape index (κ3) is 3.38. The highest BCUT2D eigenvalue weighted by molar-refractivity contribution is 5.88. The van der Waals surface area contributed by atoms with Crippen LogP contribution in [-0.4, -0.2) is 27.6 Å². The lowest BCUT2D eigenvalue weighted by Crippen LogP contribution is -3.00. The van der Waals surface area contributed by atoms with Gasteiger partial charge >= 0.3 is 0 Å². The topological polar surface area (TPSA) is 50.0 Å². The summed E-state index contributed by atoms with van der Waals surface area (Å²) in [6.45, 7) is 1.84. The molecular formula is C22H22ClNO5. The van der Waals surface area contributed by atoms with Crippen LogP contribution < -0.4 is 40.7 Å². The summed E-state index contributed by atoms with van der Waals surface area (Å²) < 4.78 is 30.5. The third-order valence-corrected chi connectivity index (χ3v) is 5.29. The molecule has 0 unspecified atom stereocenters. The third-order valence-electron chi connectivity index (χ3n) is 5.29. The van der Waals surface area contributed by atoms with E-state index in [9.17, 15) is 0 Å². The molecule has 3 heterocycles. The Balaban J connectivity index is 0.00000205. The van der Waals surface area contributed by atoms with E-state index in [0.29, 0.717) is 12.4 Å². The van der Waals surface area contributed by atoms with Crippen molar-refractivity contribution < 1.29 is 40.7 Å². The van der Waals surface area contributed by atoms with Crippen LogP contribution >= 0.6 is 0 Å². The largest absolute Gasteiger partial charge is 1.00 e. The number of aromatic nitrogens is 1. The molecule has 2 aliphatic rings. The zero-order valence-electron chi connectivity index (χ0n) is 16.4. The molecule has 7 heteroatoms. The summed E-state index contributed by atoms with van der Waals surface area (Å²) in [7, 11) is 3.31. The van der Waals surface area contributed by atoms with Crippen LogP contribution in [0, 0.1) is 0 Å². The van der Waals surface area contributed by atoms with Crippen molar-refractivity contribution in [1.29, 1.82) is 0 Å². The molecule has 3 aromatic rings. The van der Waals surface area contributed by atoms with E-state index in [2.05, 4.69) is 16.8 Å². The summed E-state index contributed by atoms with van der Waals surface area (Å²) in [6.07, 6.45) is 4.20. The maximum atomic E-state index is 6.09. The van der Waals surface area contributed by atoms with Gasteiger partial charge in [0.05, 0.1) is 26.4 Å². The quantitative estimate of drug-likeness (QED) is 0.577. The highest BCUT2D eigenvalue weighted by Gasteiger charge is 2.26. The molecule has 0 amide bonds. The van der Waals surface area contributed by atoms with Gasteiger partial charge in [-0.3, -0.25) is 0 Å². The number of ether oxygens (including phenoxy) is 5. The van der Waals surface area contributed by atoms with Crippen molar-refractivity contribution in [2.75, 3.05) is 27.6 Å². The molecule has 6 nitrogen and oxygen atoms in total. The van der Waals surface area contributed by atoms with Gasteiger partial charge in [0.1, 0.15) is 12.3 Å². The fourth-order valence-electron chi connectivity index (χ4n) is 3.84. The normalized spacial score (nSPS) is 14.4. The van der Waals surface area contributed by atoms with E-state index in [-0.39, 0.29) is 19.2 Å². The van der Waals surface area contributed by atoms with Gasteiger partial charge in [-0.05, 0) is 23.9 Å². The molecule has 2 aliphatic heterocycles. The first-order valence-electron chi connectivity index (χ1n) is 9.43. The fourth-order valence-corrected chi connectivity index (χ4v) is 3.84. The standard InChI is InChI=1S/C22H22NO5.ClH/c1-24-19-8-14-7-17-16-10-21-22(28-13-27-21)11-18(16)26-6-4-3-5-23(17)12-15(14)9-20(19)25-2;/h7-12H,3-6,13H2,1-2H3;1H/q+1;/p-1. The number of hydrogen-bond acceptors (Lipinski definition) is 5. The Morgan fingerprint density at radius 2 is 1.52 bits per heavy atom. The van der Waals surface area contributed by atoms with Crippen LogP contribution in [0.3, 0.4) is 0 Å². The molecular weight excluding hydrogens is 394 g/mol. The first kappa shape index (κ1) is 19.5. The number of hydrogen-bond donors (Lipinski definition) is 0. The molecule has 0 radical (unpaired) electrons. The van der Waals surface area contributed by atoms with Gasteiger partial charge in [0, 0.05) is 30.0 Å². The average molecular weight is 416 g/mol. The van der Waals surface area contributed by atoms with Crippen molar-refractivity contribution in [2.45, 2.75) is 19.4 Å². The number of pyridine rings is 1. The second-order valence-electron chi connectivity index (χ2n) is 6.95. The van der Waals surface area contributed by atoms with E-state index >= 15 is 0 Å². The predicted molar refractivity (Wildman–Crippen MR) is 104 cm³/mol. The van der Waals surface area contributed by atoms with Crippen molar-refractivity contribution in [3.8, 4) is 40.0 Å². The molecule has 0 saturated heterocycles. The molecule has 29 heavy (non-hydrogen) atoms. The molecule has 0 saturated carbocycles. The molecule has 0 bridgehead atoms. The lowest BCUT2D eigenvalue weighted by Gasteiger charge is -2.12. The van der Waals surface area contributed by atoms with Crippen molar-refractivity contribution in [3.63, 3.8) is 0 Å². The predicted octanol–water partition coefficient (Wildman–Crippen LogP) is 0.717. The van der Waals surface area contributed by atoms with Gasteiger partial charge in [0.2, 0.25) is 12.5 Å². The van der Waals surface area contributed by atoms with Gasteiger partial charge in [-0.15, -0.1) is 0 Å². The highest BCUT2D eigenvalue weighted by atomic mass is 35.5. The minimum Gasteiger partial charge on any atom is -1.00 e. The van der Waals surface area contributed by atoms with Gasteiger partial charge in [-0.2, -0.15) is 4.57 Å². The summed E-state index contributed by atoms with van der Waals surface area (Å²) in [4.78, 5) is 0. The Morgan fingerprint density at radius 3 is 2.28 bits per heavy atom. The van der Waals surface area contributed by atoms with Crippen LogP contribution in [-0.2, 0) is 6.54 Å². The Hall–Kier alpha value is -2.86. The zero-order chi connectivity index (χ0) is 19.1. The number of fused-ring (bicyclic) bond motifs is 5. The van der Waals surface area contributed by atoms with Crippen LogP contribution in [0.4, 0.5) is 0 Å². The van der Waals surface area contributed by atoms with Crippen LogP contribution in [0.25, 0.3) is 22.0 Å². The summed E-state index contributed by atoms with van der Waals surface area (Å²) in [5.74, 6) is 3.74. The number of methoxy groups -OCH3 is 2. The number of halogens is 1. The van der Waals surface area contributed by atoms with E-state index < -0.39 is 0 Å². The maximum absolute atomic E-state index is 6.09. The Bertz CT molecular complexity index is 1070. The summed E-state index contributed by atoms with van der Waals surface area (Å²) in [5.41, 5.74) is 2.08. The Kier molecular flexibility index (Phi) is 5.28. The summed E-state index contributed by atoms with van der Waals surface area (Å²) in [6, 6.07) is 10.2. The fraction of sp³-hybridized carbons (Fsp3) is 0.318. The second kappa shape index (κ2) is 7.87. The number of rotatable bonds is 2. The van der Waals surface area contributed by atoms with E-state index in [4.69, 9.17) is 23.7 Å². The SMILES string of the molecule is COc1cc2cc3[n+](cc2cc1OC)CCCCOc1cc2c(cc1-3)OCO2.[Cl-]. The summed E-state index contributed by atoms with van der Waals surface area (Å²) in [5, 5.41) is 2.18. The minimum absolute atomic E-state index is 0. The molecule has 1 aromatic heterocycles. The Labute approximate surface area is 175 Å². The molecule has 0 atom stereocenters. The van der Waals surface area contributed by atoms with Crippen LogP contribution in [0.5, 0.6) is 28.7 Å². The molecule has 0 spiro atoms. The van der Waals surface area contributed by atoms with Crippen molar-refractivity contribution in [3.05, 3.63) is 36.5 Å². The second-order valence-corrected chi connectivity index (χ2v) is 6.95. The molecule has 0 aliphatic carbocycles. The Morgan fingerprint density at radius 1 is 0.793 bits per heavy atom. The van der Waals surface area contributed by atoms with Crippen molar-refractivity contribution in [1.82, 2.24) is 0 Å². The number of benzene rings is 2. The molecule has 152 valence electrons. The number of nitrogens with zero attached hydrogens (tertiary/aromatic N) is 1. The summed E-state index contributed by atoms with van der Waals surface area (Å²) >= 11 is 0.